The Kier molecular flexibility index (Phi) is 4.66. The highest BCUT2D eigenvalue weighted by Gasteiger charge is 2.34. The van der Waals surface area contributed by atoms with E-state index in [1.165, 1.54) is 0 Å². The number of aliphatic hydroxyl groups excluding tert-OH is 1. The molecule has 0 aliphatic carbocycles. The Morgan fingerprint density at radius 2 is 1.85 bits per heavy atom. The number of aliphatic hydroxyl groups is 1. The van der Waals surface area contributed by atoms with Crippen LogP contribution in [-0.4, -0.2) is 41.2 Å². The molecule has 164 valence electrons. The normalized spacial score (nSPS) is 16.7. The highest BCUT2D eigenvalue weighted by atomic mass is 16.3. The molecule has 1 aliphatic rings. The summed E-state index contributed by atoms with van der Waals surface area (Å²) in [6.07, 6.45) is 7.14. The van der Waals surface area contributed by atoms with Crippen molar-refractivity contribution < 1.29 is 5.11 Å². The van der Waals surface area contributed by atoms with Crippen LogP contribution in [-0.2, 0) is 6.42 Å². The molecule has 6 rings (SSSR count). The van der Waals surface area contributed by atoms with Crippen LogP contribution in [0.4, 0.5) is 5.95 Å². The molecule has 8 nitrogen and oxygen atoms in total. The van der Waals surface area contributed by atoms with Gasteiger partial charge in [-0.15, -0.1) is 0 Å². The number of aryl methyl sites for hydroxylation is 1. The molecular weight excluding hydrogens is 414 g/mol. The number of aromatic amines is 1. The van der Waals surface area contributed by atoms with Crippen LogP contribution in [0.15, 0.2) is 73.4 Å². The third kappa shape index (κ3) is 3.35. The fraction of sp³-hybridized carbons (Fsp3) is 0.200. The van der Waals surface area contributed by atoms with E-state index in [0.29, 0.717) is 11.5 Å². The fourth-order valence-electron chi connectivity index (χ4n) is 4.55. The predicted octanol–water partition coefficient (Wildman–Crippen LogP) is 3.39. The summed E-state index contributed by atoms with van der Waals surface area (Å²) < 4.78 is 1.91. The molecule has 33 heavy (non-hydrogen) atoms. The zero-order chi connectivity index (χ0) is 22.4. The number of anilines is 1. The van der Waals surface area contributed by atoms with Gasteiger partial charge in [-0.1, -0.05) is 36.4 Å². The van der Waals surface area contributed by atoms with Gasteiger partial charge in [0.25, 0.3) is 0 Å². The van der Waals surface area contributed by atoms with E-state index < -0.39 is 6.10 Å². The van der Waals surface area contributed by atoms with E-state index in [4.69, 9.17) is 5.10 Å². The van der Waals surface area contributed by atoms with E-state index in [1.54, 1.807) is 18.7 Å². The Morgan fingerprint density at radius 3 is 2.64 bits per heavy atom. The Balaban J connectivity index is 1.38. The lowest BCUT2D eigenvalue weighted by atomic mass is 10.00. The monoisotopic (exact) mass is 437 g/mol. The molecule has 1 aliphatic heterocycles. The van der Waals surface area contributed by atoms with Crippen molar-refractivity contribution in [2.24, 2.45) is 0 Å². The SMILES string of the molecule is Cc1cccn2nc([C@H]3c4nc[nH]c4CCN3c3ncc(C(O)c4ccccc4)cn3)cc12. The van der Waals surface area contributed by atoms with Crippen LogP contribution in [0.3, 0.4) is 0 Å². The van der Waals surface area contributed by atoms with Crippen LogP contribution >= 0.6 is 0 Å². The number of hydrogen-bond donors (Lipinski definition) is 2. The second-order valence-corrected chi connectivity index (χ2v) is 8.33. The summed E-state index contributed by atoms with van der Waals surface area (Å²) >= 11 is 0. The van der Waals surface area contributed by atoms with Crippen LogP contribution < -0.4 is 4.90 Å². The number of rotatable bonds is 4. The number of H-pyrrole nitrogens is 1. The average molecular weight is 438 g/mol. The van der Waals surface area contributed by atoms with Gasteiger partial charge in [-0.3, -0.25) is 0 Å². The van der Waals surface area contributed by atoms with Gasteiger partial charge in [-0.25, -0.2) is 19.5 Å². The molecule has 8 heteroatoms. The zero-order valence-corrected chi connectivity index (χ0v) is 18.1. The van der Waals surface area contributed by atoms with Gasteiger partial charge in [0.1, 0.15) is 12.1 Å². The van der Waals surface area contributed by atoms with Crippen molar-refractivity contribution in [1.29, 1.82) is 0 Å². The van der Waals surface area contributed by atoms with E-state index in [0.717, 1.165) is 46.7 Å². The van der Waals surface area contributed by atoms with Gasteiger partial charge in [0.05, 0.1) is 23.2 Å². The van der Waals surface area contributed by atoms with Gasteiger partial charge in [-0.05, 0) is 30.2 Å². The number of nitrogens with zero attached hydrogens (tertiary/aromatic N) is 6. The lowest BCUT2D eigenvalue weighted by Gasteiger charge is -2.34. The first-order valence-electron chi connectivity index (χ1n) is 11.0. The third-order valence-corrected chi connectivity index (χ3v) is 6.28. The lowest BCUT2D eigenvalue weighted by molar-refractivity contribution is 0.219. The summed E-state index contributed by atoms with van der Waals surface area (Å²) in [7, 11) is 0. The van der Waals surface area contributed by atoms with E-state index in [9.17, 15) is 5.11 Å². The molecule has 0 spiro atoms. The Hall–Kier alpha value is -4.04. The molecule has 2 atom stereocenters. The minimum Gasteiger partial charge on any atom is -0.384 e. The van der Waals surface area contributed by atoms with Gasteiger partial charge < -0.3 is 15.0 Å². The molecule has 0 saturated heterocycles. The highest BCUT2D eigenvalue weighted by molar-refractivity contribution is 5.57. The number of fused-ring (bicyclic) bond motifs is 2. The van der Waals surface area contributed by atoms with E-state index in [2.05, 4.69) is 43.9 Å². The molecule has 4 aromatic heterocycles. The standard InChI is InChI=1S/C25H23N7O/c1-16-6-5-10-32-21(16)12-20(30-32)23-22-19(28-15-29-22)9-11-31(23)25-26-13-18(14-27-25)24(33)17-7-3-2-4-8-17/h2-8,10,12-15,23-24,33H,9,11H2,1H3,(H,28,29)/t23-,24?/m0/s1. The second-order valence-electron chi connectivity index (χ2n) is 8.33. The van der Waals surface area contributed by atoms with Crippen LogP contribution in [0.25, 0.3) is 5.52 Å². The maximum Gasteiger partial charge on any atom is 0.226 e. The van der Waals surface area contributed by atoms with Crippen molar-refractivity contribution in [3.63, 3.8) is 0 Å². The lowest BCUT2D eigenvalue weighted by Crippen LogP contribution is -2.37. The Morgan fingerprint density at radius 1 is 1.03 bits per heavy atom. The van der Waals surface area contributed by atoms with E-state index in [-0.39, 0.29) is 6.04 Å². The van der Waals surface area contributed by atoms with Gasteiger partial charge in [0.2, 0.25) is 5.95 Å². The van der Waals surface area contributed by atoms with Crippen LogP contribution in [0.5, 0.6) is 0 Å². The van der Waals surface area contributed by atoms with Crippen LogP contribution in [0.1, 0.15) is 45.9 Å². The summed E-state index contributed by atoms with van der Waals surface area (Å²) in [5, 5.41) is 15.6. The van der Waals surface area contributed by atoms with Crippen molar-refractivity contribution in [1.82, 2.24) is 29.5 Å². The summed E-state index contributed by atoms with van der Waals surface area (Å²) in [6.45, 7) is 2.81. The van der Waals surface area contributed by atoms with E-state index >= 15 is 0 Å². The summed E-state index contributed by atoms with van der Waals surface area (Å²) in [5.74, 6) is 0.589. The molecular formula is C25H23N7O. The number of imidazole rings is 1. The quantitative estimate of drug-likeness (QED) is 0.448. The predicted molar refractivity (Wildman–Crippen MR) is 124 cm³/mol. The average Bonchev–Trinajstić information content (AvgIpc) is 3.51. The first-order chi connectivity index (χ1) is 16.2. The van der Waals surface area contributed by atoms with Crippen molar-refractivity contribution >= 4 is 11.5 Å². The number of benzene rings is 1. The molecule has 0 amide bonds. The van der Waals surface area contributed by atoms with E-state index in [1.807, 2.05) is 47.1 Å². The molecule has 0 saturated carbocycles. The van der Waals surface area contributed by atoms with Gasteiger partial charge >= 0.3 is 0 Å². The first kappa shape index (κ1) is 19.6. The summed E-state index contributed by atoms with van der Waals surface area (Å²) in [6, 6.07) is 15.5. The van der Waals surface area contributed by atoms with Gasteiger partial charge in [0, 0.05) is 42.8 Å². The smallest absolute Gasteiger partial charge is 0.226 e. The second kappa shape index (κ2) is 7.83. The third-order valence-electron chi connectivity index (χ3n) is 6.28. The molecule has 2 N–H and O–H groups in total. The highest BCUT2D eigenvalue weighted by Crippen LogP contribution is 2.35. The minimum atomic E-state index is -0.767. The molecule has 0 fully saturated rings. The maximum absolute atomic E-state index is 10.7. The summed E-state index contributed by atoms with van der Waals surface area (Å²) in [5.41, 5.74) is 6.65. The molecule has 0 radical (unpaired) electrons. The van der Waals surface area contributed by atoms with Crippen molar-refractivity contribution in [2.75, 3.05) is 11.4 Å². The maximum atomic E-state index is 10.7. The molecule has 1 unspecified atom stereocenters. The largest absolute Gasteiger partial charge is 0.384 e. The number of pyridine rings is 1. The number of nitrogens with one attached hydrogen (secondary N) is 1. The molecule has 5 aromatic rings. The first-order valence-corrected chi connectivity index (χ1v) is 11.0. The van der Waals surface area contributed by atoms with Gasteiger partial charge in [-0.2, -0.15) is 5.10 Å². The fourth-order valence-corrected chi connectivity index (χ4v) is 4.55. The molecule has 0 bridgehead atoms. The zero-order valence-electron chi connectivity index (χ0n) is 18.1. The Bertz CT molecular complexity index is 1410. The van der Waals surface area contributed by atoms with Crippen LogP contribution in [0, 0.1) is 6.92 Å². The number of hydrogen-bond acceptors (Lipinski definition) is 6. The minimum absolute atomic E-state index is 0.204. The van der Waals surface area contributed by atoms with Crippen molar-refractivity contribution in [3.8, 4) is 0 Å². The summed E-state index contributed by atoms with van der Waals surface area (Å²) in [4.78, 5) is 19.3. The van der Waals surface area contributed by atoms with Crippen molar-refractivity contribution in [3.05, 3.63) is 107 Å². The van der Waals surface area contributed by atoms with Crippen LogP contribution in [0.2, 0.25) is 0 Å². The topological polar surface area (TPSA) is 95.2 Å². The Labute approximate surface area is 190 Å². The molecule has 1 aromatic carbocycles. The number of aromatic nitrogens is 6. The van der Waals surface area contributed by atoms with Gasteiger partial charge in [0.15, 0.2) is 0 Å². The molecule has 5 heterocycles. The van der Waals surface area contributed by atoms with Crippen molar-refractivity contribution in [2.45, 2.75) is 25.5 Å².